The first-order valence-electron chi connectivity index (χ1n) is 8.70. The van der Waals surface area contributed by atoms with E-state index in [1.165, 1.54) is 11.1 Å². The Morgan fingerprint density at radius 2 is 1.52 bits per heavy atom. The molecule has 0 atom stereocenters. The van der Waals surface area contributed by atoms with Crippen molar-refractivity contribution in [2.75, 3.05) is 5.32 Å². The van der Waals surface area contributed by atoms with Gasteiger partial charge >= 0.3 is 0 Å². The van der Waals surface area contributed by atoms with Gasteiger partial charge in [-0.25, -0.2) is 9.97 Å². The number of halogens is 1. The first-order chi connectivity index (χ1) is 13.3. The van der Waals surface area contributed by atoms with Crippen molar-refractivity contribution in [3.05, 3.63) is 95.0 Å². The summed E-state index contributed by atoms with van der Waals surface area (Å²) < 4.78 is 0. The first-order valence-corrected chi connectivity index (χ1v) is 10.1. The Morgan fingerprint density at radius 3 is 2.33 bits per heavy atom. The average Bonchev–Trinajstić information content (AvgIpc) is 2.72. The lowest BCUT2D eigenvalue weighted by Gasteiger charge is -2.11. The molecule has 5 heteroatoms. The molecule has 4 aromatic rings. The van der Waals surface area contributed by atoms with Crippen molar-refractivity contribution in [1.29, 1.82) is 0 Å². The Kier molecular flexibility index (Phi) is 5.56. The zero-order chi connectivity index (χ0) is 18.5. The number of hydrogen-bond acceptors (Lipinski definition) is 4. The lowest BCUT2D eigenvalue weighted by atomic mass is 10.2. The molecule has 0 aliphatic rings. The number of nitrogens with zero attached hydrogens (tertiary/aromatic N) is 2. The maximum atomic E-state index is 5.96. The average molecular weight is 392 g/mol. The summed E-state index contributed by atoms with van der Waals surface area (Å²) in [6.45, 7) is 0.725. The summed E-state index contributed by atoms with van der Waals surface area (Å²) in [7, 11) is 0. The van der Waals surface area contributed by atoms with Gasteiger partial charge in [0.25, 0.3) is 0 Å². The fourth-order valence-corrected chi connectivity index (χ4v) is 3.70. The molecule has 134 valence electrons. The predicted octanol–water partition coefficient (Wildman–Crippen LogP) is 6.19. The van der Waals surface area contributed by atoms with Crippen molar-refractivity contribution in [3.8, 4) is 0 Å². The molecule has 0 radical (unpaired) electrons. The Labute approximate surface area is 167 Å². The minimum absolute atomic E-state index is 0.725. The molecule has 1 heterocycles. The van der Waals surface area contributed by atoms with Crippen LogP contribution in [-0.2, 0) is 12.3 Å². The third-order valence-corrected chi connectivity index (χ3v) is 5.34. The van der Waals surface area contributed by atoms with Crippen LogP contribution in [0.3, 0.4) is 0 Å². The highest BCUT2D eigenvalue weighted by molar-refractivity contribution is 7.98. The molecule has 0 saturated carbocycles. The zero-order valence-corrected chi connectivity index (χ0v) is 16.2. The Balaban J connectivity index is 1.56. The quantitative estimate of drug-likeness (QED) is 0.314. The number of hydrogen-bond donors (Lipinski definition) is 1. The molecule has 3 aromatic carbocycles. The number of fused-ring (bicyclic) bond motifs is 1. The minimum Gasteiger partial charge on any atom is -0.365 e. The van der Waals surface area contributed by atoms with Gasteiger partial charge in [-0.2, -0.15) is 0 Å². The van der Waals surface area contributed by atoms with E-state index < -0.39 is 0 Å². The van der Waals surface area contributed by atoms with Crippen molar-refractivity contribution in [1.82, 2.24) is 9.97 Å². The zero-order valence-electron chi connectivity index (χ0n) is 14.6. The molecule has 0 aliphatic carbocycles. The van der Waals surface area contributed by atoms with Gasteiger partial charge in [-0.15, -0.1) is 0 Å². The number of thioether (sulfide) groups is 1. The molecule has 0 aliphatic heterocycles. The molecule has 0 spiro atoms. The van der Waals surface area contributed by atoms with Gasteiger partial charge in [0.15, 0.2) is 5.16 Å². The van der Waals surface area contributed by atoms with Crippen molar-refractivity contribution in [2.45, 2.75) is 17.5 Å². The molecule has 1 aromatic heterocycles. The molecule has 0 saturated heterocycles. The molecule has 0 amide bonds. The summed E-state index contributed by atoms with van der Waals surface area (Å²) in [5.41, 5.74) is 3.36. The van der Waals surface area contributed by atoms with E-state index in [2.05, 4.69) is 23.5 Å². The molecule has 4 rings (SSSR count). The van der Waals surface area contributed by atoms with Crippen LogP contribution in [0.15, 0.2) is 84.0 Å². The normalized spacial score (nSPS) is 10.9. The lowest BCUT2D eigenvalue weighted by molar-refractivity contribution is 0.984. The standard InChI is InChI=1S/C22H18ClN3S/c23-18-12-10-17(11-13-18)15-27-22-25-20-9-5-4-8-19(20)21(26-22)24-14-16-6-2-1-3-7-16/h1-13H,14-15H2,(H,24,25,26). The molecule has 1 N–H and O–H groups in total. The lowest BCUT2D eigenvalue weighted by Crippen LogP contribution is -2.04. The number of anilines is 1. The third kappa shape index (κ3) is 4.59. The summed E-state index contributed by atoms with van der Waals surface area (Å²) in [6, 6.07) is 26.3. The van der Waals surface area contributed by atoms with Gasteiger partial charge < -0.3 is 5.32 Å². The van der Waals surface area contributed by atoms with E-state index in [9.17, 15) is 0 Å². The number of aromatic nitrogens is 2. The van der Waals surface area contributed by atoms with Crippen LogP contribution in [0, 0.1) is 0 Å². The van der Waals surface area contributed by atoms with Gasteiger partial charge in [0.05, 0.1) is 5.52 Å². The number of benzene rings is 3. The fraction of sp³-hybridized carbons (Fsp3) is 0.0909. The molecular formula is C22H18ClN3S. The van der Waals surface area contributed by atoms with Crippen LogP contribution in [0.1, 0.15) is 11.1 Å². The topological polar surface area (TPSA) is 37.8 Å². The molecule has 0 unspecified atom stereocenters. The second kappa shape index (κ2) is 8.42. The Bertz CT molecular complexity index is 1040. The SMILES string of the molecule is Clc1ccc(CSc2nc(NCc3ccccc3)c3ccccc3n2)cc1. The third-order valence-electron chi connectivity index (χ3n) is 4.17. The molecule has 0 bridgehead atoms. The number of rotatable bonds is 6. The predicted molar refractivity (Wildman–Crippen MR) is 114 cm³/mol. The van der Waals surface area contributed by atoms with E-state index in [0.717, 1.165) is 39.2 Å². The van der Waals surface area contributed by atoms with Crippen LogP contribution >= 0.6 is 23.4 Å². The van der Waals surface area contributed by atoms with Crippen LogP contribution in [0.25, 0.3) is 10.9 Å². The van der Waals surface area contributed by atoms with E-state index in [0.29, 0.717) is 0 Å². The van der Waals surface area contributed by atoms with Crippen molar-refractivity contribution >= 4 is 40.1 Å². The van der Waals surface area contributed by atoms with Crippen LogP contribution < -0.4 is 5.32 Å². The van der Waals surface area contributed by atoms with Gasteiger partial charge in [0.1, 0.15) is 5.82 Å². The molecule has 3 nitrogen and oxygen atoms in total. The van der Waals surface area contributed by atoms with Crippen LogP contribution in [0.4, 0.5) is 5.82 Å². The van der Waals surface area contributed by atoms with Crippen LogP contribution in [-0.4, -0.2) is 9.97 Å². The van der Waals surface area contributed by atoms with E-state index in [4.69, 9.17) is 21.6 Å². The Hall–Kier alpha value is -2.56. The van der Waals surface area contributed by atoms with Gasteiger partial charge in [-0.1, -0.05) is 78.0 Å². The minimum atomic E-state index is 0.725. The number of para-hydroxylation sites is 1. The second-order valence-corrected chi connectivity index (χ2v) is 7.51. The fourth-order valence-electron chi connectivity index (χ4n) is 2.76. The van der Waals surface area contributed by atoms with Crippen molar-refractivity contribution in [2.24, 2.45) is 0 Å². The summed E-state index contributed by atoms with van der Waals surface area (Å²) in [5.74, 6) is 1.66. The van der Waals surface area contributed by atoms with E-state index >= 15 is 0 Å². The van der Waals surface area contributed by atoms with E-state index in [1.807, 2.05) is 60.7 Å². The summed E-state index contributed by atoms with van der Waals surface area (Å²) >= 11 is 7.59. The summed E-state index contributed by atoms with van der Waals surface area (Å²) in [6.07, 6.45) is 0. The van der Waals surface area contributed by atoms with E-state index in [1.54, 1.807) is 11.8 Å². The molecule has 0 fully saturated rings. The number of nitrogens with one attached hydrogen (secondary N) is 1. The molecular weight excluding hydrogens is 374 g/mol. The van der Waals surface area contributed by atoms with Gasteiger partial charge in [-0.3, -0.25) is 0 Å². The van der Waals surface area contributed by atoms with Crippen LogP contribution in [0.5, 0.6) is 0 Å². The van der Waals surface area contributed by atoms with E-state index in [-0.39, 0.29) is 0 Å². The highest BCUT2D eigenvalue weighted by Crippen LogP contribution is 2.27. The van der Waals surface area contributed by atoms with Gasteiger partial charge in [0, 0.05) is 22.7 Å². The Morgan fingerprint density at radius 1 is 0.778 bits per heavy atom. The van der Waals surface area contributed by atoms with Crippen molar-refractivity contribution in [3.63, 3.8) is 0 Å². The van der Waals surface area contributed by atoms with Gasteiger partial charge in [-0.05, 0) is 35.4 Å². The summed E-state index contributed by atoms with van der Waals surface area (Å²) in [4.78, 5) is 9.47. The molecule has 27 heavy (non-hydrogen) atoms. The monoisotopic (exact) mass is 391 g/mol. The van der Waals surface area contributed by atoms with Crippen LogP contribution in [0.2, 0.25) is 5.02 Å². The largest absolute Gasteiger partial charge is 0.365 e. The highest BCUT2D eigenvalue weighted by atomic mass is 35.5. The highest BCUT2D eigenvalue weighted by Gasteiger charge is 2.08. The second-order valence-electron chi connectivity index (χ2n) is 6.13. The maximum Gasteiger partial charge on any atom is 0.190 e. The van der Waals surface area contributed by atoms with Gasteiger partial charge in [0.2, 0.25) is 0 Å². The maximum absolute atomic E-state index is 5.96. The first kappa shape index (κ1) is 17.8. The smallest absolute Gasteiger partial charge is 0.190 e. The van der Waals surface area contributed by atoms with Crippen molar-refractivity contribution < 1.29 is 0 Å². The summed E-state index contributed by atoms with van der Waals surface area (Å²) in [5, 5.41) is 6.01.